The normalized spacial score (nSPS) is 16.7. The van der Waals surface area contributed by atoms with Crippen molar-refractivity contribution in [3.63, 3.8) is 0 Å². The lowest BCUT2D eigenvalue weighted by Crippen LogP contribution is -2.44. The Bertz CT molecular complexity index is 524. The second-order valence-electron chi connectivity index (χ2n) is 5.47. The fourth-order valence-electron chi connectivity index (χ4n) is 2.44. The predicted molar refractivity (Wildman–Crippen MR) is 100 cm³/mol. The second-order valence-corrected chi connectivity index (χ2v) is 6.73. The van der Waals surface area contributed by atoms with Crippen LogP contribution in [0.3, 0.4) is 0 Å². The van der Waals surface area contributed by atoms with Crippen molar-refractivity contribution in [1.29, 1.82) is 0 Å². The standard InChI is InChI=1S/C16H24BrN3O2S/c1-12(13-3-4-15(21-2)14(17)11-13)19-16(23)18-5-6-20-7-9-22-10-8-20/h3-4,11-12H,5-10H2,1-2H3,(H2,18,19,23)/t12-/m0/s1. The second kappa shape index (κ2) is 9.42. The smallest absolute Gasteiger partial charge is 0.166 e. The van der Waals surface area contributed by atoms with E-state index in [2.05, 4.69) is 38.4 Å². The zero-order chi connectivity index (χ0) is 16.7. The van der Waals surface area contributed by atoms with E-state index in [1.54, 1.807) is 7.11 Å². The molecule has 0 radical (unpaired) electrons. The quantitative estimate of drug-likeness (QED) is 0.713. The van der Waals surface area contributed by atoms with Gasteiger partial charge in [-0.2, -0.15) is 0 Å². The van der Waals surface area contributed by atoms with Crippen LogP contribution in [0.4, 0.5) is 0 Å². The molecule has 0 aliphatic carbocycles. The molecule has 2 rings (SSSR count). The third-order valence-electron chi connectivity index (χ3n) is 3.84. The van der Waals surface area contributed by atoms with Crippen LogP contribution in [0.1, 0.15) is 18.5 Å². The number of hydrogen-bond donors (Lipinski definition) is 2. The van der Waals surface area contributed by atoms with Crippen LogP contribution in [0.5, 0.6) is 5.75 Å². The summed E-state index contributed by atoms with van der Waals surface area (Å²) >= 11 is 8.89. The molecule has 1 saturated heterocycles. The summed E-state index contributed by atoms with van der Waals surface area (Å²) in [6.45, 7) is 7.55. The first-order valence-corrected chi connectivity index (χ1v) is 8.98. The molecule has 2 N–H and O–H groups in total. The Balaban J connectivity index is 1.74. The largest absolute Gasteiger partial charge is 0.496 e. The van der Waals surface area contributed by atoms with Gasteiger partial charge < -0.3 is 20.1 Å². The molecular weight excluding hydrogens is 378 g/mol. The van der Waals surface area contributed by atoms with Crippen LogP contribution < -0.4 is 15.4 Å². The fraction of sp³-hybridized carbons (Fsp3) is 0.562. The van der Waals surface area contributed by atoms with Crippen LogP contribution >= 0.6 is 28.1 Å². The van der Waals surface area contributed by atoms with Crippen molar-refractivity contribution in [1.82, 2.24) is 15.5 Å². The molecule has 1 atom stereocenters. The van der Waals surface area contributed by atoms with Crippen LogP contribution in [0, 0.1) is 0 Å². The van der Waals surface area contributed by atoms with E-state index < -0.39 is 0 Å². The van der Waals surface area contributed by atoms with Crippen molar-refractivity contribution in [2.75, 3.05) is 46.5 Å². The highest BCUT2D eigenvalue weighted by atomic mass is 79.9. The van der Waals surface area contributed by atoms with E-state index in [1.165, 1.54) is 0 Å². The average Bonchev–Trinajstić information content (AvgIpc) is 2.55. The number of rotatable bonds is 6. The van der Waals surface area contributed by atoms with Gasteiger partial charge in [0.1, 0.15) is 5.75 Å². The maximum atomic E-state index is 5.38. The maximum absolute atomic E-state index is 5.38. The average molecular weight is 402 g/mol. The number of nitrogens with one attached hydrogen (secondary N) is 2. The lowest BCUT2D eigenvalue weighted by Gasteiger charge is -2.27. The van der Waals surface area contributed by atoms with E-state index in [1.807, 2.05) is 18.2 Å². The topological polar surface area (TPSA) is 45.8 Å². The third-order valence-corrected chi connectivity index (χ3v) is 4.72. The van der Waals surface area contributed by atoms with E-state index in [0.717, 1.165) is 55.2 Å². The lowest BCUT2D eigenvalue weighted by molar-refractivity contribution is 0.0389. The Kier molecular flexibility index (Phi) is 7.55. The van der Waals surface area contributed by atoms with Gasteiger partial charge in [0.25, 0.3) is 0 Å². The summed E-state index contributed by atoms with van der Waals surface area (Å²) in [4.78, 5) is 2.38. The van der Waals surface area contributed by atoms with Crippen LogP contribution in [0.2, 0.25) is 0 Å². The van der Waals surface area contributed by atoms with Gasteiger partial charge >= 0.3 is 0 Å². The highest BCUT2D eigenvalue weighted by molar-refractivity contribution is 9.10. The first-order valence-electron chi connectivity index (χ1n) is 7.78. The van der Waals surface area contributed by atoms with Crippen LogP contribution in [-0.2, 0) is 4.74 Å². The van der Waals surface area contributed by atoms with Gasteiger partial charge in [0.15, 0.2) is 5.11 Å². The zero-order valence-corrected chi connectivity index (χ0v) is 16.0. The number of nitrogens with zero attached hydrogens (tertiary/aromatic N) is 1. The zero-order valence-electron chi connectivity index (χ0n) is 13.6. The summed E-state index contributed by atoms with van der Waals surface area (Å²) in [7, 11) is 1.66. The predicted octanol–water partition coefficient (Wildman–Crippen LogP) is 2.32. The van der Waals surface area contributed by atoms with Crippen molar-refractivity contribution in [3.8, 4) is 5.75 Å². The molecule has 1 aromatic rings. The minimum Gasteiger partial charge on any atom is -0.496 e. The van der Waals surface area contributed by atoms with E-state index in [-0.39, 0.29) is 6.04 Å². The Morgan fingerprint density at radius 1 is 1.43 bits per heavy atom. The molecule has 1 aliphatic rings. The van der Waals surface area contributed by atoms with Gasteiger partial charge in [0.2, 0.25) is 0 Å². The molecule has 0 unspecified atom stereocenters. The highest BCUT2D eigenvalue weighted by Crippen LogP contribution is 2.27. The van der Waals surface area contributed by atoms with Crippen molar-refractivity contribution >= 4 is 33.3 Å². The maximum Gasteiger partial charge on any atom is 0.166 e. The summed E-state index contributed by atoms with van der Waals surface area (Å²) in [5.41, 5.74) is 1.15. The SMILES string of the molecule is COc1ccc([C@H](C)NC(=S)NCCN2CCOCC2)cc1Br. The molecule has 128 valence electrons. The molecule has 7 heteroatoms. The molecule has 0 spiro atoms. The number of morpholine rings is 1. The van der Waals surface area contributed by atoms with Crippen LogP contribution in [-0.4, -0.2) is 56.5 Å². The van der Waals surface area contributed by atoms with Gasteiger partial charge in [-0.3, -0.25) is 4.90 Å². The Morgan fingerprint density at radius 3 is 2.83 bits per heavy atom. The van der Waals surface area contributed by atoms with Gasteiger partial charge in [0.05, 0.1) is 30.8 Å². The highest BCUT2D eigenvalue weighted by Gasteiger charge is 2.11. The Morgan fingerprint density at radius 2 is 2.17 bits per heavy atom. The fourth-order valence-corrected chi connectivity index (χ4v) is 3.27. The van der Waals surface area contributed by atoms with Crippen molar-refractivity contribution < 1.29 is 9.47 Å². The van der Waals surface area contributed by atoms with Crippen LogP contribution in [0.25, 0.3) is 0 Å². The molecule has 1 aliphatic heterocycles. The number of halogens is 1. The molecule has 0 amide bonds. The minimum absolute atomic E-state index is 0.126. The van der Waals surface area contributed by atoms with Crippen molar-refractivity contribution in [2.45, 2.75) is 13.0 Å². The first-order chi connectivity index (χ1) is 11.1. The molecule has 0 saturated carbocycles. The van der Waals surface area contributed by atoms with Gasteiger partial charge in [-0.05, 0) is 52.8 Å². The van der Waals surface area contributed by atoms with Crippen molar-refractivity contribution in [2.24, 2.45) is 0 Å². The monoisotopic (exact) mass is 401 g/mol. The summed E-state index contributed by atoms with van der Waals surface area (Å²) in [6.07, 6.45) is 0. The van der Waals surface area contributed by atoms with E-state index in [9.17, 15) is 0 Å². The first kappa shape index (κ1) is 18.4. The molecule has 1 fully saturated rings. The minimum atomic E-state index is 0.126. The number of ether oxygens (including phenoxy) is 2. The number of hydrogen-bond acceptors (Lipinski definition) is 4. The van der Waals surface area contributed by atoms with Gasteiger partial charge in [-0.1, -0.05) is 6.07 Å². The number of thiocarbonyl (C=S) groups is 1. The summed E-state index contributed by atoms with van der Waals surface area (Å²) in [5.74, 6) is 0.826. The van der Waals surface area contributed by atoms with Crippen molar-refractivity contribution in [3.05, 3.63) is 28.2 Å². The summed E-state index contributed by atoms with van der Waals surface area (Å²) in [6, 6.07) is 6.16. The van der Waals surface area contributed by atoms with Crippen LogP contribution in [0.15, 0.2) is 22.7 Å². The van der Waals surface area contributed by atoms with Gasteiger partial charge in [-0.15, -0.1) is 0 Å². The number of methoxy groups -OCH3 is 1. The molecule has 23 heavy (non-hydrogen) atoms. The molecular formula is C16H24BrN3O2S. The van der Waals surface area contributed by atoms with E-state index >= 15 is 0 Å². The Labute approximate surface area is 151 Å². The third kappa shape index (κ3) is 5.91. The van der Waals surface area contributed by atoms with E-state index in [4.69, 9.17) is 21.7 Å². The number of benzene rings is 1. The molecule has 1 aromatic carbocycles. The summed E-state index contributed by atoms with van der Waals surface area (Å²) < 4.78 is 11.5. The molecule has 5 nitrogen and oxygen atoms in total. The Hall–Kier alpha value is -0.890. The van der Waals surface area contributed by atoms with E-state index in [0.29, 0.717) is 5.11 Å². The molecule has 0 aromatic heterocycles. The molecule has 0 bridgehead atoms. The van der Waals surface area contributed by atoms with Gasteiger partial charge in [-0.25, -0.2) is 0 Å². The van der Waals surface area contributed by atoms with Gasteiger partial charge in [0, 0.05) is 26.2 Å². The summed E-state index contributed by atoms with van der Waals surface area (Å²) in [5, 5.41) is 7.26. The lowest BCUT2D eigenvalue weighted by atomic mass is 10.1. The molecule has 1 heterocycles.